The number of anilines is 2. The zero-order valence-electron chi connectivity index (χ0n) is 16.2. The van der Waals surface area contributed by atoms with Crippen molar-refractivity contribution in [3.63, 3.8) is 0 Å². The van der Waals surface area contributed by atoms with Crippen molar-refractivity contribution < 1.29 is 14.3 Å². The van der Waals surface area contributed by atoms with Crippen LogP contribution in [0.15, 0.2) is 48.5 Å². The van der Waals surface area contributed by atoms with E-state index in [2.05, 4.69) is 15.5 Å². The molecule has 3 atom stereocenters. The van der Waals surface area contributed by atoms with Crippen molar-refractivity contribution in [2.75, 3.05) is 28.9 Å². The second-order valence-corrected chi connectivity index (χ2v) is 8.62. The Morgan fingerprint density at radius 3 is 2.86 bits per heavy atom. The van der Waals surface area contributed by atoms with Crippen molar-refractivity contribution in [1.29, 1.82) is 0 Å². The molecule has 29 heavy (non-hydrogen) atoms. The van der Waals surface area contributed by atoms with Gasteiger partial charge in [0.1, 0.15) is 11.3 Å². The third kappa shape index (κ3) is 2.75. The summed E-state index contributed by atoms with van der Waals surface area (Å²) in [6.07, 6.45) is 0.678. The number of benzene rings is 2. The van der Waals surface area contributed by atoms with Gasteiger partial charge in [-0.05, 0) is 43.7 Å². The number of fused-ring (bicyclic) bond motifs is 4. The van der Waals surface area contributed by atoms with Gasteiger partial charge in [0.15, 0.2) is 0 Å². The number of hydrogen-bond acceptors (Lipinski definition) is 5. The van der Waals surface area contributed by atoms with Gasteiger partial charge in [-0.3, -0.25) is 14.5 Å². The molecule has 0 unspecified atom stereocenters. The maximum Gasteiger partial charge on any atom is 0.250 e. The number of thioether (sulfide) groups is 1. The summed E-state index contributed by atoms with van der Waals surface area (Å²) in [5, 5.41) is 6.06. The third-order valence-corrected chi connectivity index (χ3v) is 7.21. The Kier molecular flexibility index (Phi) is 4.52. The molecule has 0 saturated carbocycles. The van der Waals surface area contributed by atoms with Gasteiger partial charge in [0.25, 0.3) is 0 Å². The Labute approximate surface area is 174 Å². The minimum Gasteiger partial charge on any atom is -0.494 e. The number of carbonyl (C=O) groups excluding carboxylic acids is 2. The van der Waals surface area contributed by atoms with Crippen LogP contribution in [0.4, 0.5) is 11.4 Å². The molecule has 3 aliphatic rings. The fraction of sp³-hybridized carbons (Fsp3) is 0.364. The highest BCUT2D eigenvalue weighted by atomic mass is 32.2. The van der Waals surface area contributed by atoms with E-state index < -0.39 is 11.5 Å². The van der Waals surface area contributed by atoms with Crippen molar-refractivity contribution in [1.82, 2.24) is 4.90 Å². The van der Waals surface area contributed by atoms with Crippen LogP contribution in [0.1, 0.15) is 18.9 Å². The van der Waals surface area contributed by atoms with Crippen molar-refractivity contribution in [2.45, 2.75) is 24.9 Å². The van der Waals surface area contributed by atoms with Gasteiger partial charge >= 0.3 is 0 Å². The maximum absolute atomic E-state index is 13.4. The first-order valence-electron chi connectivity index (χ1n) is 9.93. The first-order chi connectivity index (χ1) is 14.1. The number of amides is 2. The monoisotopic (exact) mass is 409 g/mol. The van der Waals surface area contributed by atoms with E-state index in [-0.39, 0.29) is 17.9 Å². The molecule has 3 aliphatic heterocycles. The summed E-state index contributed by atoms with van der Waals surface area (Å²) in [7, 11) is 0. The summed E-state index contributed by atoms with van der Waals surface area (Å²) < 4.78 is 5.47. The second-order valence-electron chi connectivity index (χ2n) is 7.62. The van der Waals surface area contributed by atoms with Gasteiger partial charge in [-0.1, -0.05) is 18.2 Å². The molecule has 6 nitrogen and oxygen atoms in total. The van der Waals surface area contributed by atoms with E-state index in [4.69, 9.17) is 4.74 Å². The van der Waals surface area contributed by atoms with Gasteiger partial charge in [0.2, 0.25) is 11.8 Å². The number of rotatable bonds is 4. The Balaban J connectivity index is 1.49. The standard InChI is InChI=1S/C22H23N3O3S/c1-2-28-16-9-7-14(8-10-16)23-20(26)18-11-15-12-29-13-25(15)22(18)17-5-3-4-6-19(17)24-21(22)27/h3-10,15,18H,2,11-13H2,1H3,(H,23,26)(H,24,27)/t15-,18+,22+/m1/s1. The average Bonchev–Trinajstić information content (AvgIpc) is 3.38. The van der Waals surface area contributed by atoms with Crippen molar-refractivity contribution in [3.05, 3.63) is 54.1 Å². The maximum atomic E-state index is 13.4. The summed E-state index contributed by atoms with van der Waals surface area (Å²) >= 11 is 1.83. The number of carbonyl (C=O) groups is 2. The van der Waals surface area contributed by atoms with Crippen molar-refractivity contribution in [3.8, 4) is 5.75 Å². The molecule has 0 radical (unpaired) electrons. The predicted octanol–water partition coefficient (Wildman–Crippen LogP) is 3.27. The molecule has 7 heteroatoms. The van der Waals surface area contributed by atoms with E-state index in [0.717, 1.165) is 28.6 Å². The lowest BCUT2D eigenvalue weighted by molar-refractivity contribution is -0.134. The molecule has 1 spiro atoms. The molecule has 2 amide bonds. The number of nitrogens with zero attached hydrogens (tertiary/aromatic N) is 1. The Hall–Kier alpha value is -2.51. The molecule has 3 heterocycles. The zero-order chi connectivity index (χ0) is 20.0. The molecule has 2 aromatic carbocycles. The normalized spacial score (nSPS) is 27.6. The van der Waals surface area contributed by atoms with Crippen LogP contribution >= 0.6 is 11.8 Å². The topological polar surface area (TPSA) is 70.7 Å². The molecule has 0 aliphatic carbocycles. The fourth-order valence-corrected chi connectivity index (χ4v) is 6.24. The van der Waals surface area contributed by atoms with Gasteiger partial charge in [-0.15, -0.1) is 11.8 Å². The van der Waals surface area contributed by atoms with Crippen LogP contribution in [-0.2, 0) is 15.1 Å². The van der Waals surface area contributed by atoms with E-state index in [9.17, 15) is 9.59 Å². The molecule has 5 rings (SSSR count). The highest BCUT2D eigenvalue weighted by Gasteiger charge is 2.65. The van der Waals surface area contributed by atoms with Crippen LogP contribution in [0, 0.1) is 5.92 Å². The number of hydrogen-bond donors (Lipinski definition) is 2. The molecular formula is C22H23N3O3S. The smallest absolute Gasteiger partial charge is 0.250 e. The molecule has 2 saturated heterocycles. The quantitative estimate of drug-likeness (QED) is 0.811. The SMILES string of the molecule is CCOc1ccc(NC(=O)[C@@H]2C[C@@H]3CSCN3[C@]23C(=O)Nc2ccccc23)cc1. The summed E-state index contributed by atoms with van der Waals surface area (Å²) in [6.45, 7) is 2.53. The lowest BCUT2D eigenvalue weighted by Crippen LogP contribution is -2.53. The van der Waals surface area contributed by atoms with Crippen molar-refractivity contribution in [2.24, 2.45) is 5.92 Å². The molecular weight excluding hydrogens is 386 g/mol. The van der Waals surface area contributed by atoms with Gasteiger partial charge in [-0.2, -0.15) is 0 Å². The van der Waals surface area contributed by atoms with Crippen LogP contribution in [0.3, 0.4) is 0 Å². The number of nitrogens with one attached hydrogen (secondary N) is 2. The average molecular weight is 410 g/mol. The van der Waals surface area contributed by atoms with Gasteiger partial charge < -0.3 is 15.4 Å². The second kappa shape index (κ2) is 7.07. The Morgan fingerprint density at radius 2 is 2.07 bits per heavy atom. The number of ether oxygens (including phenoxy) is 1. The Morgan fingerprint density at radius 1 is 1.28 bits per heavy atom. The zero-order valence-corrected chi connectivity index (χ0v) is 17.0. The minimum absolute atomic E-state index is 0.0875. The van der Waals surface area contributed by atoms with E-state index in [1.54, 1.807) is 0 Å². The summed E-state index contributed by atoms with van der Waals surface area (Å²) in [4.78, 5) is 29.0. The highest BCUT2D eigenvalue weighted by molar-refractivity contribution is 7.99. The van der Waals surface area contributed by atoms with E-state index >= 15 is 0 Å². The van der Waals surface area contributed by atoms with E-state index in [1.807, 2.05) is 67.2 Å². The molecule has 2 fully saturated rings. The lowest BCUT2D eigenvalue weighted by atomic mass is 9.79. The van der Waals surface area contributed by atoms with Crippen LogP contribution in [0.2, 0.25) is 0 Å². The van der Waals surface area contributed by atoms with Gasteiger partial charge in [0, 0.05) is 34.6 Å². The van der Waals surface area contributed by atoms with Crippen LogP contribution in [0.25, 0.3) is 0 Å². The highest BCUT2D eigenvalue weighted by Crippen LogP contribution is 2.55. The summed E-state index contributed by atoms with van der Waals surface area (Å²) in [5.74, 6) is 1.84. The summed E-state index contributed by atoms with van der Waals surface area (Å²) in [5.41, 5.74) is 1.51. The minimum atomic E-state index is -0.930. The first-order valence-corrected chi connectivity index (χ1v) is 11.1. The fourth-order valence-electron chi connectivity index (χ4n) is 4.93. The van der Waals surface area contributed by atoms with Gasteiger partial charge in [0.05, 0.1) is 12.5 Å². The van der Waals surface area contributed by atoms with E-state index in [1.165, 1.54) is 0 Å². The summed E-state index contributed by atoms with van der Waals surface area (Å²) in [6, 6.07) is 15.3. The largest absolute Gasteiger partial charge is 0.494 e. The first kappa shape index (κ1) is 18.5. The van der Waals surface area contributed by atoms with E-state index in [0.29, 0.717) is 18.7 Å². The molecule has 150 valence electrons. The predicted molar refractivity (Wildman–Crippen MR) is 114 cm³/mol. The third-order valence-electron chi connectivity index (χ3n) is 6.13. The molecule has 0 bridgehead atoms. The Bertz CT molecular complexity index is 964. The van der Waals surface area contributed by atoms with Gasteiger partial charge in [-0.25, -0.2) is 0 Å². The van der Waals surface area contributed by atoms with Crippen LogP contribution < -0.4 is 15.4 Å². The van der Waals surface area contributed by atoms with Crippen molar-refractivity contribution >= 4 is 35.0 Å². The molecule has 0 aromatic heterocycles. The lowest BCUT2D eigenvalue weighted by Gasteiger charge is -2.36. The van der Waals surface area contributed by atoms with Crippen LogP contribution in [-0.4, -0.2) is 41.0 Å². The van der Waals surface area contributed by atoms with Crippen LogP contribution in [0.5, 0.6) is 5.75 Å². The number of para-hydroxylation sites is 1. The molecule has 2 N–H and O–H groups in total. The molecule has 2 aromatic rings.